The lowest BCUT2D eigenvalue weighted by Crippen LogP contribution is -2.24. The molecule has 0 unspecified atom stereocenters. The zero-order valence-corrected chi connectivity index (χ0v) is 12.0. The summed E-state index contributed by atoms with van der Waals surface area (Å²) >= 11 is 0. The molecule has 3 N–H and O–H groups in total. The first kappa shape index (κ1) is 14.2. The third-order valence-electron chi connectivity index (χ3n) is 3.48. The molecule has 8 heteroatoms. The predicted octanol–water partition coefficient (Wildman–Crippen LogP) is 0.287. The fraction of sp³-hybridized carbons (Fsp3) is 0.615. The second-order valence-corrected chi connectivity index (χ2v) is 5.46. The van der Waals surface area contributed by atoms with E-state index < -0.39 is 12.2 Å². The molecule has 2 aromatic rings. The fourth-order valence-electron chi connectivity index (χ4n) is 2.49. The summed E-state index contributed by atoms with van der Waals surface area (Å²) in [5.74, 6) is 0.672. The number of fused-ring (bicyclic) bond motifs is 1. The van der Waals surface area contributed by atoms with Crippen LogP contribution in [0.15, 0.2) is 12.7 Å². The van der Waals surface area contributed by atoms with Gasteiger partial charge in [-0.15, -0.1) is 0 Å². The number of nitrogens with one attached hydrogen (secondary N) is 1. The van der Waals surface area contributed by atoms with E-state index in [-0.39, 0.29) is 18.9 Å². The number of aromatic nitrogens is 4. The summed E-state index contributed by atoms with van der Waals surface area (Å²) in [6, 6.07) is 0.233. The SMILES string of the molecule is CC(C)Nc1ncnc2c1ncn2[C@H]1C[C@@H](O)[C@@H](CO)O1. The number of rotatable bonds is 4. The molecular formula is C13H19N5O3. The first-order chi connectivity index (χ1) is 10.1. The molecule has 21 heavy (non-hydrogen) atoms. The number of aliphatic hydroxyl groups is 2. The maximum Gasteiger partial charge on any atom is 0.167 e. The van der Waals surface area contributed by atoms with E-state index in [1.165, 1.54) is 6.33 Å². The average Bonchev–Trinajstić information content (AvgIpc) is 3.02. The van der Waals surface area contributed by atoms with Crippen molar-refractivity contribution in [2.75, 3.05) is 11.9 Å². The van der Waals surface area contributed by atoms with Gasteiger partial charge in [-0.3, -0.25) is 4.57 Å². The Hall–Kier alpha value is -1.77. The summed E-state index contributed by atoms with van der Waals surface area (Å²) in [6.07, 6.45) is 1.86. The lowest BCUT2D eigenvalue weighted by Gasteiger charge is -2.14. The van der Waals surface area contributed by atoms with Gasteiger partial charge < -0.3 is 20.3 Å². The van der Waals surface area contributed by atoms with Gasteiger partial charge in [0.05, 0.1) is 19.0 Å². The van der Waals surface area contributed by atoms with Crippen LogP contribution < -0.4 is 5.32 Å². The molecule has 0 aliphatic carbocycles. The molecule has 0 bridgehead atoms. The van der Waals surface area contributed by atoms with Crippen LogP contribution in [-0.2, 0) is 4.74 Å². The normalized spacial score (nSPS) is 25.9. The molecule has 0 radical (unpaired) electrons. The highest BCUT2D eigenvalue weighted by Gasteiger charge is 2.35. The summed E-state index contributed by atoms with van der Waals surface area (Å²) in [4.78, 5) is 12.8. The van der Waals surface area contributed by atoms with E-state index in [0.717, 1.165) is 0 Å². The number of anilines is 1. The van der Waals surface area contributed by atoms with Gasteiger partial charge >= 0.3 is 0 Å². The smallest absolute Gasteiger partial charge is 0.167 e. The molecule has 1 fully saturated rings. The molecule has 1 aliphatic heterocycles. The van der Waals surface area contributed by atoms with Crippen molar-refractivity contribution in [2.45, 2.75) is 44.7 Å². The van der Waals surface area contributed by atoms with Crippen LogP contribution in [0.5, 0.6) is 0 Å². The van der Waals surface area contributed by atoms with E-state index in [0.29, 0.717) is 23.4 Å². The Balaban J connectivity index is 1.94. The van der Waals surface area contributed by atoms with E-state index >= 15 is 0 Å². The molecule has 8 nitrogen and oxygen atoms in total. The van der Waals surface area contributed by atoms with Gasteiger partial charge in [0.25, 0.3) is 0 Å². The van der Waals surface area contributed by atoms with Gasteiger partial charge in [-0.25, -0.2) is 15.0 Å². The molecule has 114 valence electrons. The number of imidazole rings is 1. The van der Waals surface area contributed by atoms with Gasteiger partial charge in [0.1, 0.15) is 18.7 Å². The third-order valence-corrected chi connectivity index (χ3v) is 3.48. The minimum Gasteiger partial charge on any atom is -0.394 e. The van der Waals surface area contributed by atoms with Crippen molar-refractivity contribution >= 4 is 17.0 Å². The van der Waals surface area contributed by atoms with Crippen LogP contribution in [0.2, 0.25) is 0 Å². The summed E-state index contributed by atoms with van der Waals surface area (Å²) < 4.78 is 7.40. The molecular weight excluding hydrogens is 274 g/mol. The summed E-state index contributed by atoms with van der Waals surface area (Å²) in [5.41, 5.74) is 1.31. The number of nitrogens with zero attached hydrogens (tertiary/aromatic N) is 4. The van der Waals surface area contributed by atoms with E-state index in [2.05, 4.69) is 20.3 Å². The van der Waals surface area contributed by atoms with E-state index in [4.69, 9.17) is 9.84 Å². The monoisotopic (exact) mass is 293 g/mol. The molecule has 0 aromatic carbocycles. The lowest BCUT2D eigenvalue weighted by atomic mass is 10.2. The van der Waals surface area contributed by atoms with Gasteiger partial charge in [-0.2, -0.15) is 0 Å². The van der Waals surface area contributed by atoms with E-state index in [1.54, 1.807) is 10.9 Å². The lowest BCUT2D eigenvalue weighted by molar-refractivity contribution is -0.0432. The average molecular weight is 293 g/mol. The topological polar surface area (TPSA) is 105 Å². The van der Waals surface area contributed by atoms with E-state index in [9.17, 15) is 5.11 Å². The number of hydrogen-bond acceptors (Lipinski definition) is 7. The zero-order chi connectivity index (χ0) is 15.0. The Morgan fingerprint density at radius 2 is 2.24 bits per heavy atom. The van der Waals surface area contributed by atoms with Crippen molar-refractivity contribution in [3.8, 4) is 0 Å². The van der Waals surface area contributed by atoms with Gasteiger partial charge in [-0.1, -0.05) is 0 Å². The fourth-order valence-corrected chi connectivity index (χ4v) is 2.49. The van der Waals surface area contributed by atoms with Crippen molar-refractivity contribution in [3.05, 3.63) is 12.7 Å². The Morgan fingerprint density at radius 3 is 2.90 bits per heavy atom. The number of hydrogen-bond donors (Lipinski definition) is 3. The molecule has 0 spiro atoms. The first-order valence-corrected chi connectivity index (χ1v) is 6.98. The molecule has 3 heterocycles. The third kappa shape index (κ3) is 2.57. The molecule has 0 saturated carbocycles. The minimum atomic E-state index is -0.687. The van der Waals surface area contributed by atoms with Crippen molar-refractivity contribution in [2.24, 2.45) is 0 Å². The summed E-state index contributed by atoms with van der Waals surface area (Å²) in [5, 5.41) is 22.2. The van der Waals surface area contributed by atoms with Crippen molar-refractivity contribution in [3.63, 3.8) is 0 Å². The highest BCUT2D eigenvalue weighted by atomic mass is 16.5. The Kier molecular flexibility index (Phi) is 3.75. The van der Waals surface area contributed by atoms with Crippen LogP contribution in [-0.4, -0.2) is 54.6 Å². The van der Waals surface area contributed by atoms with Crippen LogP contribution in [0.25, 0.3) is 11.2 Å². The highest BCUT2D eigenvalue weighted by Crippen LogP contribution is 2.31. The van der Waals surface area contributed by atoms with Crippen LogP contribution in [0, 0.1) is 0 Å². The molecule has 0 amide bonds. The maximum atomic E-state index is 9.84. The molecule has 1 saturated heterocycles. The molecule has 3 atom stereocenters. The van der Waals surface area contributed by atoms with Crippen LogP contribution in [0.3, 0.4) is 0 Å². The zero-order valence-electron chi connectivity index (χ0n) is 12.0. The largest absolute Gasteiger partial charge is 0.394 e. The second kappa shape index (κ2) is 5.55. The molecule has 3 rings (SSSR count). The van der Waals surface area contributed by atoms with Crippen molar-refractivity contribution < 1.29 is 14.9 Å². The van der Waals surface area contributed by atoms with Crippen molar-refractivity contribution in [1.82, 2.24) is 19.5 Å². The Morgan fingerprint density at radius 1 is 1.43 bits per heavy atom. The highest BCUT2D eigenvalue weighted by molar-refractivity contribution is 5.82. The van der Waals surface area contributed by atoms with Crippen LogP contribution in [0.1, 0.15) is 26.5 Å². The van der Waals surface area contributed by atoms with Crippen molar-refractivity contribution in [1.29, 1.82) is 0 Å². The maximum absolute atomic E-state index is 9.84. The molecule has 2 aromatic heterocycles. The second-order valence-electron chi connectivity index (χ2n) is 5.46. The quantitative estimate of drug-likeness (QED) is 0.744. The van der Waals surface area contributed by atoms with Crippen LogP contribution in [0.4, 0.5) is 5.82 Å². The summed E-state index contributed by atoms with van der Waals surface area (Å²) in [7, 11) is 0. The Bertz CT molecular complexity index is 629. The van der Waals surface area contributed by atoms with Crippen LogP contribution >= 0.6 is 0 Å². The number of aliphatic hydroxyl groups excluding tert-OH is 2. The van der Waals surface area contributed by atoms with Gasteiger partial charge in [0, 0.05) is 12.5 Å². The standard InChI is InChI=1S/C13H19N5O3/c1-7(2)17-12-11-13(15-5-14-12)18(6-16-11)10-3-8(20)9(4-19)21-10/h5-10,19-20H,3-4H2,1-2H3,(H,14,15,17)/t8-,9-,10-/m1/s1. The van der Waals surface area contributed by atoms with Gasteiger partial charge in [0.2, 0.25) is 0 Å². The Labute approximate surface area is 121 Å². The van der Waals surface area contributed by atoms with Gasteiger partial charge in [0.15, 0.2) is 17.0 Å². The first-order valence-electron chi connectivity index (χ1n) is 6.98. The minimum absolute atomic E-state index is 0.209. The summed E-state index contributed by atoms with van der Waals surface area (Å²) in [6.45, 7) is 3.83. The number of ether oxygens (including phenoxy) is 1. The van der Waals surface area contributed by atoms with E-state index in [1.807, 2.05) is 13.8 Å². The van der Waals surface area contributed by atoms with Gasteiger partial charge in [-0.05, 0) is 13.8 Å². The molecule has 1 aliphatic rings. The predicted molar refractivity (Wildman–Crippen MR) is 75.7 cm³/mol.